The molecule has 0 atom stereocenters. The Bertz CT molecular complexity index is 1020. The zero-order chi connectivity index (χ0) is 19.5. The second-order valence-electron chi connectivity index (χ2n) is 6.69. The van der Waals surface area contributed by atoms with Crippen molar-refractivity contribution in [2.45, 2.75) is 12.8 Å². The number of hydrogen-bond acceptors (Lipinski definition) is 2. The molecule has 3 aromatic carbocycles. The Morgan fingerprint density at radius 3 is 2.36 bits per heavy atom. The first-order valence-electron chi connectivity index (χ1n) is 9.19. The van der Waals surface area contributed by atoms with Crippen molar-refractivity contribution in [2.75, 3.05) is 16.8 Å². The van der Waals surface area contributed by atoms with Gasteiger partial charge in [-0.2, -0.15) is 0 Å². The lowest BCUT2D eigenvalue weighted by molar-refractivity contribution is 0.0984. The highest BCUT2D eigenvalue weighted by Gasteiger charge is 2.25. The molecule has 2 amide bonds. The van der Waals surface area contributed by atoms with Crippen LogP contribution in [0.5, 0.6) is 0 Å². The molecule has 0 bridgehead atoms. The van der Waals surface area contributed by atoms with Crippen LogP contribution >= 0.6 is 0 Å². The largest absolute Gasteiger partial charge is 0.322 e. The van der Waals surface area contributed by atoms with Crippen molar-refractivity contribution in [3.63, 3.8) is 0 Å². The van der Waals surface area contributed by atoms with Crippen molar-refractivity contribution in [1.82, 2.24) is 0 Å². The molecule has 5 heteroatoms. The van der Waals surface area contributed by atoms with Crippen molar-refractivity contribution in [3.05, 3.63) is 95.3 Å². The van der Waals surface area contributed by atoms with E-state index < -0.39 is 0 Å². The summed E-state index contributed by atoms with van der Waals surface area (Å²) in [4.78, 5) is 27.3. The van der Waals surface area contributed by atoms with Gasteiger partial charge in [-0.25, -0.2) is 4.39 Å². The SMILES string of the molecule is O=C(Nc1cccc2c1CCCN2C(=O)c1ccccc1)c1ccc(F)cc1. The molecule has 0 aromatic heterocycles. The summed E-state index contributed by atoms with van der Waals surface area (Å²) in [5.74, 6) is -0.743. The molecule has 3 aromatic rings. The number of amides is 2. The fraction of sp³-hybridized carbons (Fsp3) is 0.130. The molecule has 140 valence electrons. The molecular weight excluding hydrogens is 355 g/mol. The third kappa shape index (κ3) is 3.51. The van der Waals surface area contributed by atoms with E-state index in [1.807, 2.05) is 36.4 Å². The van der Waals surface area contributed by atoms with Gasteiger partial charge in [-0.15, -0.1) is 0 Å². The van der Waals surface area contributed by atoms with E-state index in [1.165, 1.54) is 24.3 Å². The van der Waals surface area contributed by atoms with Crippen LogP contribution in [0.4, 0.5) is 15.8 Å². The molecule has 4 nitrogen and oxygen atoms in total. The second kappa shape index (κ2) is 7.64. The summed E-state index contributed by atoms with van der Waals surface area (Å²) in [6.07, 6.45) is 1.59. The summed E-state index contributed by atoms with van der Waals surface area (Å²) in [7, 11) is 0. The maximum absolute atomic E-state index is 13.1. The van der Waals surface area contributed by atoms with E-state index in [9.17, 15) is 14.0 Å². The minimum Gasteiger partial charge on any atom is -0.322 e. The number of halogens is 1. The van der Waals surface area contributed by atoms with E-state index in [-0.39, 0.29) is 17.6 Å². The van der Waals surface area contributed by atoms with Crippen LogP contribution in [0, 0.1) is 5.82 Å². The van der Waals surface area contributed by atoms with E-state index in [2.05, 4.69) is 5.32 Å². The summed E-state index contributed by atoms with van der Waals surface area (Å²) in [6.45, 7) is 0.635. The average Bonchev–Trinajstić information content (AvgIpc) is 2.74. The maximum atomic E-state index is 13.1. The van der Waals surface area contributed by atoms with Gasteiger partial charge in [0.2, 0.25) is 0 Å². The number of rotatable bonds is 3. The van der Waals surface area contributed by atoms with E-state index >= 15 is 0 Å². The topological polar surface area (TPSA) is 49.4 Å². The normalized spacial score (nSPS) is 13.0. The molecule has 4 rings (SSSR count). The zero-order valence-electron chi connectivity index (χ0n) is 15.2. The molecule has 1 aliphatic rings. The third-order valence-corrected chi connectivity index (χ3v) is 4.87. The molecule has 0 fully saturated rings. The Balaban J connectivity index is 1.63. The standard InChI is InChI=1S/C23H19FN2O2/c24-18-13-11-16(12-14-18)22(27)25-20-9-4-10-21-19(20)8-5-15-26(21)23(28)17-6-2-1-3-7-17/h1-4,6-7,9-14H,5,8,15H2,(H,25,27). The number of anilines is 2. The lowest BCUT2D eigenvalue weighted by Crippen LogP contribution is -2.35. The van der Waals surface area contributed by atoms with E-state index in [0.717, 1.165) is 24.1 Å². The first kappa shape index (κ1) is 17.9. The van der Waals surface area contributed by atoms with Crippen LogP contribution in [0.1, 0.15) is 32.7 Å². The average molecular weight is 374 g/mol. The highest BCUT2D eigenvalue weighted by molar-refractivity contribution is 6.08. The first-order valence-corrected chi connectivity index (χ1v) is 9.19. The Hall–Kier alpha value is -3.47. The highest BCUT2D eigenvalue weighted by atomic mass is 19.1. The minimum absolute atomic E-state index is 0.0523. The van der Waals surface area contributed by atoms with Crippen LogP contribution in [-0.2, 0) is 6.42 Å². The van der Waals surface area contributed by atoms with E-state index in [4.69, 9.17) is 0 Å². The van der Waals surface area contributed by atoms with Crippen LogP contribution < -0.4 is 10.2 Å². The van der Waals surface area contributed by atoms with Crippen molar-refractivity contribution in [1.29, 1.82) is 0 Å². The van der Waals surface area contributed by atoms with Gasteiger partial charge in [0.25, 0.3) is 11.8 Å². The van der Waals surface area contributed by atoms with Crippen molar-refractivity contribution in [3.8, 4) is 0 Å². The smallest absolute Gasteiger partial charge is 0.258 e. The number of fused-ring (bicyclic) bond motifs is 1. The fourth-order valence-electron chi connectivity index (χ4n) is 3.49. The maximum Gasteiger partial charge on any atom is 0.258 e. The number of nitrogens with zero attached hydrogens (tertiary/aromatic N) is 1. The first-order chi connectivity index (χ1) is 13.6. The molecule has 0 radical (unpaired) electrons. The third-order valence-electron chi connectivity index (χ3n) is 4.87. The lowest BCUT2D eigenvalue weighted by atomic mass is 9.98. The molecule has 1 heterocycles. The van der Waals surface area contributed by atoms with Crippen molar-refractivity contribution >= 4 is 23.2 Å². The molecule has 0 spiro atoms. The summed E-state index contributed by atoms with van der Waals surface area (Å²) in [5, 5.41) is 2.91. The molecule has 1 N–H and O–H groups in total. The fourth-order valence-corrected chi connectivity index (χ4v) is 3.49. The van der Waals surface area contributed by atoms with Gasteiger partial charge in [-0.3, -0.25) is 9.59 Å². The zero-order valence-corrected chi connectivity index (χ0v) is 15.2. The van der Waals surface area contributed by atoms with Gasteiger partial charge >= 0.3 is 0 Å². The molecule has 28 heavy (non-hydrogen) atoms. The molecule has 0 saturated carbocycles. The Kier molecular flexibility index (Phi) is 4.89. The van der Waals surface area contributed by atoms with Gasteiger partial charge in [-0.05, 0) is 66.9 Å². The van der Waals surface area contributed by atoms with Gasteiger partial charge in [0.05, 0.1) is 0 Å². The van der Waals surface area contributed by atoms with E-state index in [1.54, 1.807) is 17.0 Å². The van der Waals surface area contributed by atoms with Gasteiger partial charge < -0.3 is 10.2 Å². The molecule has 1 aliphatic heterocycles. The monoisotopic (exact) mass is 374 g/mol. The van der Waals surface area contributed by atoms with E-state index in [0.29, 0.717) is 23.4 Å². The van der Waals surface area contributed by atoms with Gasteiger partial charge in [0.1, 0.15) is 5.82 Å². The van der Waals surface area contributed by atoms with Crippen LogP contribution in [0.25, 0.3) is 0 Å². The summed E-state index contributed by atoms with van der Waals surface area (Å²) in [6, 6.07) is 20.2. The Morgan fingerprint density at radius 1 is 0.857 bits per heavy atom. The van der Waals surface area contributed by atoms with Crippen LogP contribution in [-0.4, -0.2) is 18.4 Å². The van der Waals surface area contributed by atoms with Crippen LogP contribution in [0.3, 0.4) is 0 Å². The highest BCUT2D eigenvalue weighted by Crippen LogP contribution is 2.34. The minimum atomic E-state index is -0.385. The summed E-state index contributed by atoms with van der Waals surface area (Å²) >= 11 is 0. The number of carbonyl (C=O) groups is 2. The predicted molar refractivity (Wildman–Crippen MR) is 107 cm³/mol. The van der Waals surface area contributed by atoms with Crippen LogP contribution in [0.15, 0.2) is 72.8 Å². The number of benzene rings is 3. The van der Waals surface area contributed by atoms with Gasteiger partial charge in [0, 0.05) is 29.0 Å². The summed E-state index contributed by atoms with van der Waals surface area (Å²) < 4.78 is 13.1. The predicted octanol–water partition coefficient (Wildman–Crippen LogP) is 4.67. The molecule has 0 aliphatic carbocycles. The van der Waals surface area contributed by atoms with Gasteiger partial charge in [0.15, 0.2) is 0 Å². The van der Waals surface area contributed by atoms with Crippen molar-refractivity contribution < 1.29 is 14.0 Å². The second-order valence-corrected chi connectivity index (χ2v) is 6.69. The lowest BCUT2D eigenvalue weighted by Gasteiger charge is -2.31. The van der Waals surface area contributed by atoms with Crippen LogP contribution in [0.2, 0.25) is 0 Å². The summed E-state index contributed by atoms with van der Waals surface area (Å²) in [5.41, 5.74) is 3.45. The molecule has 0 saturated heterocycles. The number of nitrogens with one attached hydrogen (secondary N) is 1. The quantitative estimate of drug-likeness (QED) is 0.724. The molecule has 0 unspecified atom stereocenters. The van der Waals surface area contributed by atoms with Crippen molar-refractivity contribution in [2.24, 2.45) is 0 Å². The number of hydrogen-bond donors (Lipinski definition) is 1. The number of carbonyl (C=O) groups excluding carboxylic acids is 2. The Labute approximate surface area is 162 Å². The van der Waals surface area contributed by atoms with Gasteiger partial charge in [-0.1, -0.05) is 24.3 Å². The molecular formula is C23H19FN2O2. The Morgan fingerprint density at radius 2 is 1.61 bits per heavy atom.